The molecular formula is C26H22N2S2. The first kappa shape index (κ1) is 19.2. The summed E-state index contributed by atoms with van der Waals surface area (Å²) in [6.45, 7) is 8.07. The molecule has 2 nitrogen and oxygen atoms in total. The zero-order valence-corrected chi connectivity index (χ0v) is 18.7. The molecule has 4 heteroatoms. The van der Waals surface area contributed by atoms with Gasteiger partial charge in [-0.05, 0) is 39.7 Å². The van der Waals surface area contributed by atoms with E-state index in [0.29, 0.717) is 0 Å². The maximum absolute atomic E-state index is 4.05. The lowest BCUT2D eigenvalue weighted by molar-refractivity contribution is 1.19. The predicted molar refractivity (Wildman–Crippen MR) is 135 cm³/mol. The lowest BCUT2D eigenvalue weighted by Crippen LogP contribution is -2.07. The standard InChI is InChI=1S/2C13H11NS/c1-9-14(2)12-7-10-5-3-4-6-11(10)8-13(12)15-9;1-9-14(2)12-8-7-10-5-3-4-6-11(10)13(12)15-9/h2*3-8H,1H2,2H3. The summed E-state index contributed by atoms with van der Waals surface area (Å²) in [5, 5.41) is 7.41. The summed E-state index contributed by atoms with van der Waals surface area (Å²) in [5.41, 5.74) is 2.53. The van der Waals surface area contributed by atoms with Gasteiger partial charge >= 0.3 is 0 Å². The van der Waals surface area contributed by atoms with Crippen LogP contribution < -0.4 is 9.80 Å². The molecule has 0 fully saturated rings. The van der Waals surface area contributed by atoms with E-state index in [1.54, 1.807) is 23.5 Å². The number of rotatable bonds is 0. The summed E-state index contributed by atoms with van der Waals surface area (Å²) in [6.07, 6.45) is 0. The Morgan fingerprint density at radius 3 is 2.00 bits per heavy atom. The van der Waals surface area contributed by atoms with Gasteiger partial charge in [0.2, 0.25) is 0 Å². The molecule has 0 bridgehead atoms. The monoisotopic (exact) mass is 426 g/mol. The zero-order valence-electron chi connectivity index (χ0n) is 17.1. The summed E-state index contributed by atoms with van der Waals surface area (Å²) in [4.78, 5) is 6.93. The second-order valence-corrected chi connectivity index (χ2v) is 9.61. The number of hydrogen-bond donors (Lipinski definition) is 0. The lowest BCUT2D eigenvalue weighted by atomic mass is 10.1. The molecule has 0 N–H and O–H groups in total. The van der Waals surface area contributed by atoms with Crippen molar-refractivity contribution in [2.24, 2.45) is 0 Å². The molecule has 0 aliphatic carbocycles. The quantitative estimate of drug-likeness (QED) is 0.284. The van der Waals surface area contributed by atoms with E-state index in [9.17, 15) is 0 Å². The van der Waals surface area contributed by atoms with E-state index < -0.39 is 0 Å². The first-order valence-corrected chi connectivity index (χ1v) is 11.4. The van der Waals surface area contributed by atoms with Crippen LogP contribution in [-0.2, 0) is 0 Å². The second-order valence-electron chi connectivity index (χ2n) is 7.41. The normalized spacial score (nSPS) is 14.7. The van der Waals surface area contributed by atoms with E-state index in [1.165, 1.54) is 42.7 Å². The fourth-order valence-electron chi connectivity index (χ4n) is 3.80. The van der Waals surface area contributed by atoms with Crippen LogP contribution in [0.15, 0.2) is 106 Å². The average molecular weight is 427 g/mol. The van der Waals surface area contributed by atoms with Crippen molar-refractivity contribution in [2.45, 2.75) is 9.79 Å². The van der Waals surface area contributed by atoms with E-state index in [2.05, 4.69) is 110 Å². The molecule has 0 spiro atoms. The van der Waals surface area contributed by atoms with Gasteiger partial charge < -0.3 is 9.80 Å². The maximum Gasteiger partial charge on any atom is 0.0725 e. The average Bonchev–Trinajstić information content (AvgIpc) is 3.22. The van der Waals surface area contributed by atoms with Crippen molar-refractivity contribution >= 4 is 56.4 Å². The minimum absolute atomic E-state index is 1.10. The van der Waals surface area contributed by atoms with Crippen LogP contribution in [0, 0.1) is 0 Å². The van der Waals surface area contributed by atoms with Crippen LogP contribution >= 0.6 is 23.5 Å². The number of anilines is 2. The van der Waals surface area contributed by atoms with Crippen molar-refractivity contribution in [3.05, 3.63) is 96.0 Å². The molecule has 2 aliphatic heterocycles. The van der Waals surface area contributed by atoms with Crippen LogP contribution in [0.5, 0.6) is 0 Å². The molecule has 0 saturated carbocycles. The minimum Gasteiger partial charge on any atom is -0.339 e. The third kappa shape index (κ3) is 3.17. The Kier molecular flexibility index (Phi) is 4.76. The third-order valence-electron chi connectivity index (χ3n) is 5.60. The van der Waals surface area contributed by atoms with Gasteiger partial charge in [0.1, 0.15) is 0 Å². The van der Waals surface area contributed by atoms with Crippen molar-refractivity contribution < 1.29 is 0 Å². The van der Waals surface area contributed by atoms with Gasteiger partial charge in [-0.3, -0.25) is 0 Å². The highest BCUT2D eigenvalue weighted by Crippen LogP contribution is 2.48. The van der Waals surface area contributed by atoms with Gasteiger partial charge in [0.25, 0.3) is 0 Å². The molecule has 0 unspecified atom stereocenters. The molecule has 2 heterocycles. The zero-order chi connectivity index (χ0) is 20.8. The third-order valence-corrected chi connectivity index (χ3v) is 7.80. The van der Waals surface area contributed by atoms with Crippen LogP contribution in [0.4, 0.5) is 11.4 Å². The lowest BCUT2D eigenvalue weighted by Gasteiger charge is -2.12. The molecule has 2 aliphatic rings. The van der Waals surface area contributed by atoms with Gasteiger partial charge in [0, 0.05) is 23.9 Å². The topological polar surface area (TPSA) is 6.48 Å². The van der Waals surface area contributed by atoms with Gasteiger partial charge in [-0.25, -0.2) is 0 Å². The highest BCUT2D eigenvalue weighted by atomic mass is 32.2. The Balaban J connectivity index is 0.000000128. The fourth-order valence-corrected chi connectivity index (χ4v) is 5.86. The minimum atomic E-state index is 1.10. The molecular weight excluding hydrogens is 404 g/mol. The van der Waals surface area contributed by atoms with Crippen molar-refractivity contribution in [3.63, 3.8) is 0 Å². The first-order valence-electron chi connectivity index (χ1n) is 9.78. The van der Waals surface area contributed by atoms with Crippen molar-refractivity contribution in [3.8, 4) is 0 Å². The van der Waals surface area contributed by atoms with Crippen LogP contribution in [-0.4, -0.2) is 14.1 Å². The van der Waals surface area contributed by atoms with Gasteiger partial charge in [0.15, 0.2) is 0 Å². The Morgan fingerprint density at radius 1 is 0.633 bits per heavy atom. The summed E-state index contributed by atoms with van der Waals surface area (Å²) in [6, 6.07) is 25.7. The van der Waals surface area contributed by atoms with Gasteiger partial charge in [0.05, 0.1) is 21.4 Å². The molecule has 0 atom stereocenters. The number of thioether (sulfide) groups is 2. The van der Waals surface area contributed by atoms with Crippen LogP contribution in [0.3, 0.4) is 0 Å². The van der Waals surface area contributed by atoms with Crippen LogP contribution in [0.25, 0.3) is 21.5 Å². The van der Waals surface area contributed by atoms with Gasteiger partial charge in [-0.1, -0.05) is 91.3 Å². The molecule has 4 aromatic carbocycles. The Hall–Kier alpha value is -2.82. The van der Waals surface area contributed by atoms with E-state index in [1.807, 2.05) is 0 Å². The maximum atomic E-state index is 4.05. The van der Waals surface area contributed by atoms with E-state index in [0.717, 1.165) is 10.1 Å². The highest BCUT2D eigenvalue weighted by molar-refractivity contribution is 8.04. The molecule has 0 aromatic heterocycles. The van der Waals surface area contributed by atoms with Crippen LogP contribution in [0.1, 0.15) is 0 Å². The molecule has 30 heavy (non-hydrogen) atoms. The van der Waals surface area contributed by atoms with Crippen molar-refractivity contribution in [1.82, 2.24) is 0 Å². The van der Waals surface area contributed by atoms with Crippen LogP contribution in [0.2, 0.25) is 0 Å². The summed E-state index contributed by atoms with van der Waals surface area (Å²) in [5.74, 6) is 0. The Morgan fingerprint density at radius 2 is 1.23 bits per heavy atom. The largest absolute Gasteiger partial charge is 0.339 e. The molecule has 0 saturated heterocycles. The molecule has 0 amide bonds. The van der Waals surface area contributed by atoms with Crippen molar-refractivity contribution in [1.29, 1.82) is 0 Å². The highest BCUT2D eigenvalue weighted by Gasteiger charge is 2.22. The van der Waals surface area contributed by atoms with E-state index >= 15 is 0 Å². The first-order chi connectivity index (χ1) is 14.5. The molecule has 6 rings (SSSR count). The predicted octanol–water partition coefficient (Wildman–Crippen LogP) is 7.71. The number of hydrogen-bond acceptors (Lipinski definition) is 4. The summed E-state index contributed by atoms with van der Waals surface area (Å²) >= 11 is 3.51. The number of benzene rings is 4. The van der Waals surface area contributed by atoms with Crippen molar-refractivity contribution in [2.75, 3.05) is 23.9 Å². The summed E-state index contributed by atoms with van der Waals surface area (Å²) < 4.78 is 0. The van der Waals surface area contributed by atoms with Gasteiger partial charge in [-0.2, -0.15) is 0 Å². The summed E-state index contributed by atoms with van der Waals surface area (Å²) in [7, 11) is 4.13. The number of fused-ring (bicyclic) bond motifs is 5. The molecule has 148 valence electrons. The number of nitrogens with zero attached hydrogens (tertiary/aromatic N) is 2. The molecule has 0 radical (unpaired) electrons. The van der Waals surface area contributed by atoms with E-state index in [4.69, 9.17) is 0 Å². The Labute approximate surface area is 185 Å². The SMILES string of the molecule is C=C1Sc2c(ccc3ccccc23)N1C.C=C1Sc2cc3ccccc3cc2N1C. The smallest absolute Gasteiger partial charge is 0.0725 e. The fraction of sp³-hybridized carbons (Fsp3) is 0.0769. The molecule has 4 aromatic rings. The van der Waals surface area contributed by atoms with E-state index in [-0.39, 0.29) is 0 Å². The second kappa shape index (κ2) is 7.46. The Bertz CT molecular complexity index is 1320. The van der Waals surface area contributed by atoms with Gasteiger partial charge in [-0.15, -0.1) is 0 Å².